The zero-order valence-corrected chi connectivity index (χ0v) is 21.6. The van der Waals surface area contributed by atoms with Gasteiger partial charge in [-0.25, -0.2) is 13.8 Å². The minimum atomic E-state index is -4.12. The van der Waals surface area contributed by atoms with Gasteiger partial charge in [0.2, 0.25) is 5.88 Å². The molecular weight excluding hydrogens is 490 g/mol. The number of aliphatic hydroxyl groups is 1. The van der Waals surface area contributed by atoms with E-state index in [1.54, 1.807) is 24.3 Å². The maximum absolute atomic E-state index is 13.0. The predicted octanol–water partition coefficient (Wildman–Crippen LogP) is 5.51. The lowest BCUT2D eigenvalue weighted by Gasteiger charge is -2.19. The summed E-state index contributed by atoms with van der Waals surface area (Å²) in [6.45, 7) is 3.98. The first-order valence-electron chi connectivity index (χ1n) is 12.2. The molecule has 0 fully saturated rings. The molecule has 3 aromatic rings. The van der Waals surface area contributed by atoms with Crippen LogP contribution in [0.2, 0.25) is 0 Å². The third kappa shape index (κ3) is 6.04. The maximum Gasteiger partial charge on any atom is 0.343 e. The highest BCUT2D eigenvalue weighted by Crippen LogP contribution is 2.37. The highest BCUT2D eigenvalue weighted by Gasteiger charge is 2.32. The highest BCUT2D eigenvalue weighted by molar-refractivity contribution is 7.91. The Morgan fingerprint density at radius 2 is 1.81 bits per heavy atom. The van der Waals surface area contributed by atoms with E-state index in [9.17, 15) is 18.3 Å². The van der Waals surface area contributed by atoms with Crippen LogP contribution in [0.3, 0.4) is 0 Å². The van der Waals surface area contributed by atoms with Gasteiger partial charge in [-0.05, 0) is 78.8 Å². The summed E-state index contributed by atoms with van der Waals surface area (Å²) in [7, 11) is -4.12. The largest absolute Gasteiger partial charge is 0.493 e. The minimum absolute atomic E-state index is 0.0368. The molecule has 0 saturated heterocycles. The molecule has 0 spiro atoms. The molecule has 4 rings (SSSR count). The van der Waals surface area contributed by atoms with E-state index in [0.29, 0.717) is 18.4 Å². The van der Waals surface area contributed by atoms with Crippen molar-refractivity contribution in [3.05, 3.63) is 83.4 Å². The van der Waals surface area contributed by atoms with Crippen molar-refractivity contribution in [2.75, 3.05) is 4.31 Å². The SMILES string of the molecule is CCCCc1ccc(C(=O)Oc2cc3ccc(CCC(C)C#N)cc3cc2N2C=C(O)NS2(=O)=O)cc1. The van der Waals surface area contributed by atoms with Gasteiger partial charge < -0.3 is 9.84 Å². The molecule has 0 radical (unpaired) electrons. The molecule has 1 aliphatic rings. The summed E-state index contributed by atoms with van der Waals surface area (Å²) < 4.78 is 33.9. The van der Waals surface area contributed by atoms with Crippen molar-refractivity contribution < 1.29 is 23.1 Å². The standard InChI is InChI=1S/C28H29N3O5S/c1-3-4-5-20-8-11-22(12-9-20)28(33)36-26-16-23-13-10-21(7-6-19(2)17-29)14-24(23)15-25(26)31-18-27(32)30-37(31,34)35/h8-16,18-19,30,32H,3-7H2,1-2H3. The summed E-state index contributed by atoms with van der Waals surface area (Å²) in [5.41, 5.74) is 2.54. The minimum Gasteiger partial charge on any atom is -0.493 e. The molecule has 192 valence electrons. The Labute approximate surface area is 217 Å². The summed E-state index contributed by atoms with van der Waals surface area (Å²) in [6, 6.07) is 18.3. The molecule has 37 heavy (non-hydrogen) atoms. The van der Waals surface area contributed by atoms with Crippen molar-refractivity contribution in [2.24, 2.45) is 5.92 Å². The smallest absolute Gasteiger partial charge is 0.343 e. The number of aliphatic hydroxyl groups excluding tert-OH is 1. The van der Waals surface area contributed by atoms with Gasteiger partial charge in [0.25, 0.3) is 0 Å². The molecule has 0 aromatic heterocycles. The van der Waals surface area contributed by atoms with Crippen LogP contribution in [0, 0.1) is 17.2 Å². The van der Waals surface area contributed by atoms with Crippen molar-refractivity contribution in [3.63, 3.8) is 0 Å². The van der Waals surface area contributed by atoms with E-state index in [0.717, 1.165) is 51.7 Å². The van der Waals surface area contributed by atoms with Gasteiger partial charge in [-0.15, -0.1) is 0 Å². The number of fused-ring (bicyclic) bond motifs is 1. The Bertz CT molecular complexity index is 1490. The van der Waals surface area contributed by atoms with Gasteiger partial charge in [0.1, 0.15) is 5.69 Å². The number of nitrogens with zero attached hydrogens (tertiary/aromatic N) is 2. The maximum atomic E-state index is 13.0. The van der Waals surface area contributed by atoms with Gasteiger partial charge in [-0.2, -0.15) is 13.7 Å². The summed E-state index contributed by atoms with van der Waals surface area (Å²) in [4.78, 5) is 13.0. The van der Waals surface area contributed by atoms with E-state index in [1.165, 1.54) is 0 Å². The average Bonchev–Trinajstić information content (AvgIpc) is 3.17. The lowest BCUT2D eigenvalue weighted by atomic mass is 9.99. The number of aryl methyl sites for hydroxylation is 2. The van der Waals surface area contributed by atoms with Crippen molar-refractivity contribution in [1.82, 2.24) is 4.72 Å². The third-order valence-corrected chi connectivity index (χ3v) is 7.54. The molecule has 0 amide bonds. The van der Waals surface area contributed by atoms with Crippen molar-refractivity contribution in [2.45, 2.75) is 46.0 Å². The van der Waals surface area contributed by atoms with Gasteiger partial charge in [0.05, 0.1) is 17.8 Å². The van der Waals surface area contributed by atoms with Gasteiger partial charge in [-0.3, -0.25) is 0 Å². The first-order valence-corrected chi connectivity index (χ1v) is 13.6. The van der Waals surface area contributed by atoms with Crippen LogP contribution in [0.4, 0.5) is 5.69 Å². The quantitative estimate of drug-likeness (QED) is 0.284. The van der Waals surface area contributed by atoms with Crippen LogP contribution in [-0.2, 0) is 23.1 Å². The van der Waals surface area contributed by atoms with Gasteiger partial charge in [0.15, 0.2) is 5.75 Å². The number of esters is 1. The second-order valence-electron chi connectivity index (χ2n) is 9.18. The Morgan fingerprint density at radius 3 is 2.46 bits per heavy atom. The zero-order chi connectivity index (χ0) is 26.6. The van der Waals surface area contributed by atoms with Crippen molar-refractivity contribution in [3.8, 4) is 11.8 Å². The topological polar surface area (TPSA) is 120 Å². The van der Waals surface area contributed by atoms with E-state index < -0.39 is 22.1 Å². The highest BCUT2D eigenvalue weighted by atomic mass is 32.2. The molecule has 1 unspecified atom stereocenters. The second kappa shape index (κ2) is 10.9. The molecule has 3 aromatic carbocycles. The van der Waals surface area contributed by atoms with E-state index in [4.69, 9.17) is 10.00 Å². The van der Waals surface area contributed by atoms with Gasteiger partial charge in [-0.1, -0.05) is 43.7 Å². The fourth-order valence-electron chi connectivity index (χ4n) is 4.11. The number of nitrogens with one attached hydrogen (secondary N) is 1. The normalized spacial score (nSPS) is 15.1. The molecule has 8 nitrogen and oxygen atoms in total. The first kappa shape index (κ1) is 26.0. The molecule has 2 N–H and O–H groups in total. The summed E-state index contributed by atoms with van der Waals surface area (Å²) in [5.74, 6) is -1.21. The number of carbonyl (C=O) groups is 1. The van der Waals surface area contributed by atoms with Crippen LogP contribution in [0.15, 0.2) is 66.7 Å². The molecule has 0 aliphatic carbocycles. The van der Waals surface area contributed by atoms with Crippen LogP contribution < -0.4 is 13.8 Å². The number of rotatable bonds is 9. The summed E-state index contributed by atoms with van der Waals surface area (Å²) in [6.07, 6.45) is 5.47. The Kier molecular flexibility index (Phi) is 7.69. The van der Waals surface area contributed by atoms with E-state index in [1.807, 2.05) is 42.0 Å². The molecule has 0 saturated carbocycles. The number of carbonyl (C=O) groups excluding carboxylic acids is 1. The molecule has 1 aliphatic heterocycles. The van der Waals surface area contributed by atoms with Crippen LogP contribution in [0.1, 0.15) is 54.6 Å². The van der Waals surface area contributed by atoms with Crippen LogP contribution >= 0.6 is 0 Å². The number of hydrogen-bond acceptors (Lipinski definition) is 6. The molecular formula is C28H29N3O5S. The fraction of sp³-hybridized carbons (Fsp3) is 0.286. The molecule has 1 atom stereocenters. The van der Waals surface area contributed by atoms with E-state index >= 15 is 0 Å². The Balaban J connectivity index is 1.70. The number of nitriles is 1. The van der Waals surface area contributed by atoms with E-state index in [2.05, 4.69) is 13.0 Å². The third-order valence-electron chi connectivity index (χ3n) is 6.25. The zero-order valence-electron chi connectivity index (χ0n) is 20.8. The summed E-state index contributed by atoms with van der Waals surface area (Å²) in [5, 5.41) is 20.4. The van der Waals surface area contributed by atoms with Crippen LogP contribution in [0.25, 0.3) is 10.8 Å². The summed E-state index contributed by atoms with van der Waals surface area (Å²) >= 11 is 0. The lowest BCUT2D eigenvalue weighted by Crippen LogP contribution is -2.30. The van der Waals surface area contributed by atoms with Crippen LogP contribution in [-0.4, -0.2) is 19.5 Å². The van der Waals surface area contributed by atoms with Crippen molar-refractivity contribution >= 4 is 32.6 Å². The average molecular weight is 520 g/mol. The molecule has 0 bridgehead atoms. The molecule has 1 heterocycles. The number of benzene rings is 3. The monoisotopic (exact) mass is 519 g/mol. The second-order valence-corrected chi connectivity index (χ2v) is 10.7. The van der Waals surface area contributed by atoms with E-state index in [-0.39, 0.29) is 17.4 Å². The predicted molar refractivity (Wildman–Crippen MR) is 142 cm³/mol. The fourth-order valence-corrected chi connectivity index (χ4v) is 5.16. The lowest BCUT2D eigenvalue weighted by molar-refractivity contribution is 0.0735. The number of anilines is 1. The molecule has 9 heteroatoms. The number of unbranched alkanes of at least 4 members (excludes halogenated alkanes) is 1. The van der Waals surface area contributed by atoms with Gasteiger partial charge in [0, 0.05) is 5.92 Å². The first-order chi connectivity index (χ1) is 17.7. The van der Waals surface area contributed by atoms with Crippen LogP contribution in [0.5, 0.6) is 5.75 Å². The Morgan fingerprint density at radius 1 is 1.08 bits per heavy atom. The van der Waals surface area contributed by atoms with Crippen molar-refractivity contribution in [1.29, 1.82) is 5.26 Å². The van der Waals surface area contributed by atoms with Gasteiger partial charge >= 0.3 is 16.2 Å². The number of hydrogen-bond donors (Lipinski definition) is 2. The number of ether oxygens (including phenoxy) is 1. The Hall–Kier alpha value is -4.03.